The Bertz CT molecular complexity index is 780. The average molecular weight is 373 g/mol. The van der Waals surface area contributed by atoms with Crippen LogP contribution in [0.4, 0.5) is 5.95 Å². The third-order valence-electron chi connectivity index (χ3n) is 3.93. The maximum Gasteiger partial charge on any atom is 0.321 e. The van der Waals surface area contributed by atoms with Gasteiger partial charge < -0.3 is 24.4 Å². The van der Waals surface area contributed by atoms with Gasteiger partial charge >= 0.3 is 6.01 Å². The van der Waals surface area contributed by atoms with E-state index in [1.54, 1.807) is 0 Å². The Kier molecular flexibility index (Phi) is 6.37. The Morgan fingerprint density at radius 3 is 2.81 bits per heavy atom. The van der Waals surface area contributed by atoms with Crippen molar-refractivity contribution in [1.29, 1.82) is 0 Å². The first-order valence-electron chi connectivity index (χ1n) is 8.72. The zero-order chi connectivity index (χ0) is 19.1. The van der Waals surface area contributed by atoms with Gasteiger partial charge in [0.15, 0.2) is 12.4 Å². The van der Waals surface area contributed by atoms with Gasteiger partial charge in [0.2, 0.25) is 5.95 Å². The van der Waals surface area contributed by atoms with Crippen LogP contribution in [0.15, 0.2) is 24.3 Å². The number of nitrogens with zero attached hydrogens (tertiary/aromatic N) is 4. The maximum absolute atomic E-state index is 12.1. The second-order valence-corrected chi connectivity index (χ2v) is 6.02. The van der Waals surface area contributed by atoms with Crippen molar-refractivity contribution in [3.63, 3.8) is 0 Å². The number of benzene rings is 1. The molecule has 1 N–H and O–H groups in total. The molecule has 0 spiro atoms. The molecule has 0 radical (unpaired) electrons. The normalized spacial score (nSPS) is 13.9. The maximum atomic E-state index is 12.1. The van der Waals surface area contributed by atoms with Gasteiger partial charge in [-0.1, -0.05) is 12.1 Å². The van der Waals surface area contributed by atoms with Crippen molar-refractivity contribution in [3.8, 4) is 11.8 Å². The van der Waals surface area contributed by atoms with Crippen LogP contribution < -0.4 is 19.7 Å². The number of morpholine rings is 1. The lowest BCUT2D eigenvalue weighted by molar-refractivity contribution is -0.123. The smallest absolute Gasteiger partial charge is 0.321 e. The lowest BCUT2D eigenvalue weighted by atomic mass is 10.2. The summed E-state index contributed by atoms with van der Waals surface area (Å²) in [6.45, 7) is 4.68. The summed E-state index contributed by atoms with van der Waals surface area (Å²) in [5, 5.41) is 2.75. The summed E-state index contributed by atoms with van der Waals surface area (Å²) >= 11 is 0. The molecule has 2 heterocycles. The van der Waals surface area contributed by atoms with Crippen LogP contribution in [0.2, 0.25) is 0 Å². The van der Waals surface area contributed by atoms with E-state index in [1.165, 1.54) is 7.11 Å². The Morgan fingerprint density at radius 2 is 2.07 bits per heavy atom. The third kappa shape index (κ3) is 5.52. The minimum absolute atomic E-state index is 0.0814. The van der Waals surface area contributed by atoms with Crippen molar-refractivity contribution in [3.05, 3.63) is 35.7 Å². The van der Waals surface area contributed by atoms with E-state index >= 15 is 0 Å². The van der Waals surface area contributed by atoms with E-state index in [2.05, 4.69) is 20.3 Å². The van der Waals surface area contributed by atoms with E-state index in [1.807, 2.05) is 36.1 Å². The number of carbonyl (C=O) groups is 1. The number of rotatable bonds is 7. The first-order chi connectivity index (χ1) is 13.1. The van der Waals surface area contributed by atoms with E-state index < -0.39 is 0 Å². The van der Waals surface area contributed by atoms with Crippen LogP contribution >= 0.6 is 0 Å². The molecule has 1 aromatic heterocycles. The molecule has 1 aliphatic rings. The Hall–Kier alpha value is -2.94. The Labute approximate surface area is 157 Å². The Balaban J connectivity index is 1.56. The molecule has 3 rings (SSSR count). The number of nitrogens with one attached hydrogen (secondary N) is 1. The van der Waals surface area contributed by atoms with Gasteiger partial charge in [-0.05, 0) is 24.6 Å². The molecule has 1 aliphatic heterocycles. The molecule has 9 heteroatoms. The minimum Gasteiger partial charge on any atom is -0.484 e. The van der Waals surface area contributed by atoms with Crippen LogP contribution in [0.5, 0.6) is 11.8 Å². The predicted molar refractivity (Wildman–Crippen MR) is 97.9 cm³/mol. The monoisotopic (exact) mass is 373 g/mol. The molecular formula is C18H23N5O4. The molecule has 0 saturated carbocycles. The number of hydrogen-bond acceptors (Lipinski definition) is 8. The Morgan fingerprint density at radius 1 is 1.26 bits per heavy atom. The summed E-state index contributed by atoms with van der Waals surface area (Å²) < 4.78 is 16.0. The molecule has 144 valence electrons. The molecule has 1 amide bonds. The summed E-state index contributed by atoms with van der Waals surface area (Å²) in [5.41, 5.74) is 1.07. The number of carbonyl (C=O) groups excluding carboxylic acids is 1. The number of methoxy groups -OCH3 is 1. The van der Waals surface area contributed by atoms with Crippen molar-refractivity contribution < 1.29 is 19.0 Å². The number of hydrogen-bond donors (Lipinski definition) is 1. The van der Waals surface area contributed by atoms with E-state index in [9.17, 15) is 4.79 Å². The molecule has 2 aromatic rings. The van der Waals surface area contributed by atoms with Crippen molar-refractivity contribution in [2.24, 2.45) is 0 Å². The quantitative estimate of drug-likeness (QED) is 0.758. The van der Waals surface area contributed by atoms with E-state index in [0.717, 1.165) is 5.56 Å². The number of aryl methyl sites for hydroxylation is 1. The zero-order valence-corrected chi connectivity index (χ0v) is 15.5. The van der Waals surface area contributed by atoms with Crippen molar-refractivity contribution in [1.82, 2.24) is 20.3 Å². The summed E-state index contributed by atoms with van der Waals surface area (Å²) in [4.78, 5) is 26.9. The van der Waals surface area contributed by atoms with E-state index in [0.29, 0.717) is 43.8 Å². The number of amides is 1. The third-order valence-corrected chi connectivity index (χ3v) is 3.93. The second-order valence-electron chi connectivity index (χ2n) is 6.02. The van der Waals surface area contributed by atoms with Crippen LogP contribution in [0.1, 0.15) is 11.4 Å². The molecule has 0 atom stereocenters. The lowest BCUT2D eigenvalue weighted by Gasteiger charge is -2.26. The minimum atomic E-state index is -0.260. The topological polar surface area (TPSA) is 98.7 Å². The first-order valence-corrected chi connectivity index (χ1v) is 8.72. The van der Waals surface area contributed by atoms with Gasteiger partial charge in [-0.25, -0.2) is 0 Å². The molecule has 0 aliphatic carbocycles. The van der Waals surface area contributed by atoms with Gasteiger partial charge in [-0.3, -0.25) is 4.79 Å². The summed E-state index contributed by atoms with van der Waals surface area (Å²) in [6, 6.07) is 7.75. The van der Waals surface area contributed by atoms with Gasteiger partial charge in [0.25, 0.3) is 5.91 Å². The zero-order valence-electron chi connectivity index (χ0n) is 15.5. The molecule has 27 heavy (non-hydrogen) atoms. The molecule has 0 bridgehead atoms. The molecule has 9 nitrogen and oxygen atoms in total. The molecule has 1 aromatic carbocycles. The van der Waals surface area contributed by atoms with Crippen molar-refractivity contribution >= 4 is 11.9 Å². The fourth-order valence-corrected chi connectivity index (χ4v) is 2.54. The van der Waals surface area contributed by atoms with Gasteiger partial charge in [-0.2, -0.15) is 15.0 Å². The summed E-state index contributed by atoms with van der Waals surface area (Å²) in [6.07, 6.45) is 0. The van der Waals surface area contributed by atoms with Crippen LogP contribution in [0.3, 0.4) is 0 Å². The molecule has 0 unspecified atom stereocenters. The van der Waals surface area contributed by atoms with Crippen LogP contribution in [0, 0.1) is 6.92 Å². The largest absolute Gasteiger partial charge is 0.484 e. The van der Waals surface area contributed by atoms with Gasteiger partial charge in [0.1, 0.15) is 5.75 Å². The highest BCUT2D eigenvalue weighted by atomic mass is 16.5. The summed E-state index contributed by atoms with van der Waals surface area (Å²) in [7, 11) is 1.50. The highest BCUT2D eigenvalue weighted by Crippen LogP contribution is 2.14. The van der Waals surface area contributed by atoms with Gasteiger partial charge in [-0.15, -0.1) is 0 Å². The van der Waals surface area contributed by atoms with Gasteiger partial charge in [0, 0.05) is 13.1 Å². The van der Waals surface area contributed by atoms with Crippen molar-refractivity contribution in [2.75, 3.05) is 44.9 Å². The SMILES string of the molecule is COc1nc(CNC(=O)COc2cccc(C)c2)nc(N2CCOCC2)n1. The standard InChI is InChI=1S/C18H23N5O4/c1-13-4-3-5-14(10-13)27-12-16(24)19-11-15-20-17(22-18(21-15)25-2)23-6-8-26-9-7-23/h3-5,10H,6-9,11-12H2,1-2H3,(H,19,24). The second kappa shape index (κ2) is 9.13. The highest BCUT2D eigenvalue weighted by molar-refractivity contribution is 5.77. The van der Waals surface area contributed by atoms with Crippen LogP contribution in [-0.4, -0.2) is 60.9 Å². The van der Waals surface area contributed by atoms with E-state index in [4.69, 9.17) is 14.2 Å². The molecule has 1 fully saturated rings. The fourth-order valence-electron chi connectivity index (χ4n) is 2.54. The fraction of sp³-hybridized carbons (Fsp3) is 0.444. The summed E-state index contributed by atoms with van der Waals surface area (Å²) in [5.74, 6) is 1.34. The van der Waals surface area contributed by atoms with Crippen LogP contribution in [0.25, 0.3) is 0 Å². The highest BCUT2D eigenvalue weighted by Gasteiger charge is 2.17. The van der Waals surface area contributed by atoms with Crippen molar-refractivity contribution in [2.45, 2.75) is 13.5 Å². The van der Waals surface area contributed by atoms with E-state index in [-0.39, 0.29) is 25.1 Å². The van der Waals surface area contributed by atoms with Gasteiger partial charge in [0.05, 0.1) is 26.9 Å². The molecular weight excluding hydrogens is 350 g/mol. The first kappa shape index (κ1) is 18.8. The number of aromatic nitrogens is 3. The van der Waals surface area contributed by atoms with Crippen LogP contribution in [-0.2, 0) is 16.1 Å². The number of ether oxygens (including phenoxy) is 3. The predicted octanol–water partition coefficient (Wildman–Crippen LogP) is 0.720. The number of anilines is 1. The molecule has 1 saturated heterocycles. The average Bonchev–Trinajstić information content (AvgIpc) is 2.71. The lowest BCUT2D eigenvalue weighted by Crippen LogP contribution is -2.38.